The van der Waals surface area contributed by atoms with Gasteiger partial charge in [-0.1, -0.05) is 25.7 Å². The van der Waals surface area contributed by atoms with Crippen LogP contribution in [0.4, 0.5) is 0 Å². The Morgan fingerprint density at radius 1 is 1.56 bits per heavy atom. The topological polar surface area (TPSA) is 55.1 Å². The normalized spacial score (nSPS) is 16.8. The van der Waals surface area contributed by atoms with Crippen molar-refractivity contribution in [3.05, 3.63) is 17.5 Å². The van der Waals surface area contributed by atoms with E-state index in [2.05, 4.69) is 5.10 Å². The van der Waals surface area contributed by atoms with Gasteiger partial charge in [-0.2, -0.15) is 5.10 Å². The van der Waals surface area contributed by atoms with E-state index in [1.807, 2.05) is 11.6 Å². The van der Waals surface area contributed by atoms with Crippen molar-refractivity contribution >= 4 is 5.97 Å². The Kier molecular flexibility index (Phi) is 3.27. The summed E-state index contributed by atoms with van der Waals surface area (Å²) in [5.74, 6) is -0.125. The molecule has 1 aliphatic carbocycles. The fraction of sp³-hybridized carbons (Fsp3) is 0.667. The van der Waals surface area contributed by atoms with Crippen molar-refractivity contribution in [2.45, 2.75) is 45.6 Å². The molecule has 0 aliphatic heterocycles. The summed E-state index contributed by atoms with van der Waals surface area (Å²) >= 11 is 0. The highest BCUT2D eigenvalue weighted by atomic mass is 16.4. The van der Waals surface area contributed by atoms with E-state index in [1.165, 1.54) is 25.7 Å². The number of aromatic nitrogens is 2. The minimum atomic E-state index is -0.942. The van der Waals surface area contributed by atoms with Gasteiger partial charge in [0.25, 0.3) is 0 Å². The molecule has 2 rings (SSSR count). The van der Waals surface area contributed by atoms with Crippen LogP contribution in [0.3, 0.4) is 0 Å². The number of hydrogen-bond acceptors (Lipinski definition) is 2. The van der Waals surface area contributed by atoms with E-state index in [4.69, 9.17) is 5.11 Å². The fourth-order valence-corrected chi connectivity index (χ4v) is 2.44. The van der Waals surface area contributed by atoms with E-state index in [0.29, 0.717) is 0 Å². The van der Waals surface area contributed by atoms with Gasteiger partial charge in [0, 0.05) is 12.2 Å². The first-order valence-electron chi connectivity index (χ1n) is 5.94. The van der Waals surface area contributed by atoms with Crippen LogP contribution >= 0.6 is 0 Å². The van der Waals surface area contributed by atoms with Gasteiger partial charge in [0.1, 0.15) is 0 Å². The number of carboxylic acids is 1. The quantitative estimate of drug-likeness (QED) is 0.851. The van der Waals surface area contributed by atoms with Crippen LogP contribution in [-0.2, 0) is 6.54 Å². The van der Waals surface area contributed by atoms with Crippen molar-refractivity contribution in [1.82, 2.24) is 9.78 Å². The lowest BCUT2D eigenvalue weighted by Gasteiger charge is -2.09. The van der Waals surface area contributed by atoms with E-state index in [1.54, 1.807) is 6.07 Å². The molecule has 16 heavy (non-hydrogen) atoms. The maximum absolute atomic E-state index is 10.8. The molecule has 1 N–H and O–H groups in total. The zero-order chi connectivity index (χ0) is 11.5. The molecule has 0 saturated heterocycles. The molecule has 4 heteroatoms. The largest absolute Gasteiger partial charge is 0.476 e. The van der Waals surface area contributed by atoms with Crippen LogP contribution in [0.5, 0.6) is 0 Å². The second-order valence-corrected chi connectivity index (χ2v) is 4.64. The van der Waals surface area contributed by atoms with Crippen LogP contribution in [0.25, 0.3) is 0 Å². The van der Waals surface area contributed by atoms with Gasteiger partial charge in [0.05, 0.1) is 0 Å². The molecule has 4 nitrogen and oxygen atoms in total. The Hall–Kier alpha value is -1.32. The number of rotatable bonds is 4. The summed E-state index contributed by atoms with van der Waals surface area (Å²) in [5, 5.41) is 12.9. The number of carbonyl (C=O) groups is 1. The minimum Gasteiger partial charge on any atom is -0.476 e. The van der Waals surface area contributed by atoms with Gasteiger partial charge in [0.15, 0.2) is 5.69 Å². The molecule has 0 spiro atoms. The van der Waals surface area contributed by atoms with Gasteiger partial charge in [-0.25, -0.2) is 4.79 Å². The van der Waals surface area contributed by atoms with Crippen molar-refractivity contribution in [3.8, 4) is 0 Å². The van der Waals surface area contributed by atoms with E-state index < -0.39 is 5.97 Å². The zero-order valence-corrected chi connectivity index (χ0v) is 9.65. The molecule has 1 aromatic rings. The van der Waals surface area contributed by atoms with Gasteiger partial charge in [0.2, 0.25) is 0 Å². The summed E-state index contributed by atoms with van der Waals surface area (Å²) < 4.78 is 1.82. The van der Waals surface area contributed by atoms with Crippen molar-refractivity contribution in [3.63, 3.8) is 0 Å². The molecular weight excluding hydrogens is 204 g/mol. The molecular formula is C12H18N2O2. The molecule has 1 fully saturated rings. The SMILES string of the molecule is Cc1cc(C(=O)O)nn1CCC1CCCC1. The predicted octanol–water partition coefficient (Wildman–Crippen LogP) is 2.47. The lowest BCUT2D eigenvalue weighted by atomic mass is 10.0. The Balaban J connectivity index is 1.95. The van der Waals surface area contributed by atoms with Crippen LogP contribution in [0.1, 0.15) is 48.3 Å². The molecule has 0 aromatic carbocycles. The Bertz CT molecular complexity index is 378. The van der Waals surface area contributed by atoms with Crippen LogP contribution in [0.2, 0.25) is 0 Å². The maximum Gasteiger partial charge on any atom is 0.356 e. The molecule has 0 amide bonds. The number of hydrogen-bond donors (Lipinski definition) is 1. The van der Waals surface area contributed by atoms with Gasteiger partial charge >= 0.3 is 5.97 Å². The number of carboxylic acid groups (broad SMARTS) is 1. The van der Waals surface area contributed by atoms with Crippen molar-refractivity contribution in [2.24, 2.45) is 5.92 Å². The second-order valence-electron chi connectivity index (χ2n) is 4.64. The van der Waals surface area contributed by atoms with E-state index >= 15 is 0 Å². The van der Waals surface area contributed by atoms with Gasteiger partial charge in [-0.05, 0) is 25.3 Å². The Morgan fingerprint density at radius 2 is 2.25 bits per heavy atom. The maximum atomic E-state index is 10.8. The molecule has 0 bridgehead atoms. The highest BCUT2D eigenvalue weighted by Crippen LogP contribution is 2.27. The highest BCUT2D eigenvalue weighted by molar-refractivity contribution is 5.85. The van der Waals surface area contributed by atoms with Crippen molar-refractivity contribution < 1.29 is 9.90 Å². The number of aromatic carboxylic acids is 1. The van der Waals surface area contributed by atoms with Crippen LogP contribution in [0, 0.1) is 12.8 Å². The average Bonchev–Trinajstić information content (AvgIpc) is 2.84. The molecule has 1 aliphatic rings. The van der Waals surface area contributed by atoms with Crippen LogP contribution in [-0.4, -0.2) is 20.9 Å². The van der Waals surface area contributed by atoms with Crippen LogP contribution < -0.4 is 0 Å². The smallest absolute Gasteiger partial charge is 0.356 e. The third kappa shape index (κ3) is 2.43. The molecule has 0 unspecified atom stereocenters. The fourth-order valence-electron chi connectivity index (χ4n) is 2.44. The van der Waals surface area contributed by atoms with Crippen molar-refractivity contribution in [1.29, 1.82) is 0 Å². The molecule has 0 radical (unpaired) electrons. The van der Waals surface area contributed by atoms with Crippen molar-refractivity contribution in [2.75, 3.05) is 0 Å². The summed E-state index contributed by atoms with van der Waals surface area (Å²) in [7, 11) is 0. The molecule has 1 aromatic heterocycles. The molecule has 88 valence electrons. The Morgan fingerprint density at radius 3 is 2.81 bits per heavy atom. The monoisotopic (exact) mass is 222 g/mol. The van der Waals surface area contributed by atoms with Gasteiger partial charge in [-0.3, -0.25) is 4.68 Å². The third-order valence-corrected chi connectivity index (χ3v) is 3.42. The van der Waals surface area contributed by atoms with Crippen LogP contribution in [0.15, 0.2) is 6.07 Å². The van der Waals surface area contributed by atoms with E-state index in [0.717, 1.165) is 24.6 Å². The highest BCUT2D eigenvalue weighted by Gasteiger charge is 2.16. The lowest BCUT2D eigenvalue weighted by molar-refractivity contribution is 0.0689. The minimum absolute atomic E-state index is 0.156. The first kappa shape index (κ1) is 11.2. The molecule has 0 atom stereocenters. The lowest BCUT2D eigenvalue weighted by Crippen LogP contribution is -2.07. The standard InChI is InChI=1S/C12H18N2O2/c1-9-8-11(12(15)16)13-14(9)7-6-10-4-2-3-5-10/h8,10H,2-7H2,1H3,(H,15,16). The number of nitrogens with zero attached hydrogens (tertiary/aromatic N) is 2. The molecule has 1 heterocycles. The number of aryl methyl sites for hydroxylation is 2. The van der Waals surface area contributed by atoms with Gasteiger partial charge in [-0.15, -0.1) is 0 Å². The predicted molar refractivity (Wildman–Crippen MR) is 60.5 cm³/mol. The summed E-state index contributed by atoms with van der Waals surface area (Å²) in [5.41, 5.74) is 1.10. The summed E-state index contributed by atoms with van der Waals surface area (Å²) in [4.78, 5) is 10.8. The van der Waals surface area contributed by atoms with E-state index in [-0.39, 0.29) is 5.69 Å². The van der Waals surface area contributed by atoms with E-state index in [9.17, 15) is 4.79 Å². The summed E-state index contributed by atoms with van der Waals surface area (Å²) in [6, 6.07) is 1.64. The third-order valence-electron chi connectivity index (χ3n) is 3.42. The summed E-state index contributed by atoms with van der Waals surface area (Å²) in [6.07, 6.45) is 6.48. The first-order chi connectivity index (χ1) is 7.66. The second kappa shape index (κ2) is 4.68. The van der Waals surface area contributed by atoms with Gasteiger partial charge < -0.3 is 5.11 Å². The Labute approximate surface area is 95.3 Å². The first-order valence-corrected chi connectivity index (χ1v) is 5.94. The molecule has 1 saturated carbocycles. The summed E-state index contributed by atoms with van der Waals surface area (Å²) in [6.45, 7) is 2.76. The zero-order valence-electron chi connectivity index (χ0n) is 9.65. The average molecular weight is 222 g/mol.